The Bertz CT molecular complexity index is 419. The molecule has 94 valence electrons. The van der Waals surface area contributed by atoms with Crippen LogP contribution in [0, 0.1) is 5.82 Å². The Labute approximate surface area is 108 Å². The number of piperidine rings is 1. The summed E-state index contributed by atoms with van der Waals surface area (Å²) in [5, 5.41) is 13.1. The average molecular weight is 304 g/mol. The van der Waals surface area contributed by atoms with Gasteiger partial charge in [0.15, 0.2) is 11.5 Å². The second-order valence-electron chi connectivity index (χ2n) is 4.17. The van der Waals surface area contributed by atoms with E-state index >= 15 is 0 Å². The van der Waals surface area contributed by atoms with E-state index in [0.717, 1.165) is 25.9 Å². The lowest BCUT2D eigenvalue weighted by Crippen LogP contribution is -2.26. The Morgan fingerprint density at radius 1 is 1.47 bits per heavy atom. The molecule has 1 aromatic carbocycles. The van der Waals surface area contributed by atoms with Crippen LogP contribution in [0.2, 0.25) is 0 Å². The molecule has 0 radical (unpaired) electrons. The summed E-state index contributed by atoms with van der Waals surface area (Å²) in [7, 11) is 1.38. The number of phenols is 1. The number of nitrogens with one attached hydrogen (secondary N) is 1. The maximum Gasteiger partial charge on any atom is 0.208 e. The molecule has 1 heterocycles. The maximum absolute atomic E-state index is 13.9. The first-order valence-corrected chi connectivity index (χ1v) is 6.40. The number of halogens is 2. The summed E-state index contributed by atoms with van der Waals surface area (Å²) in [6.45, 7) is 1.80. The van der Waals surface area contributed by atoms with E-state index in [-0.39, 0.29) is 17.4 Å². The number of benzene rings is 1. The SMILES string of the molecule is COc1c(Br)cc(C2CCNCC2)c(O)c1F. The normalized spacial score (nSPS) is 17.1. The highest BCUT2D eigenvalue weighted by Gasteiger charge is 2.24. The number of ether oxygens (including phenoxy) is 1. The molecule has 3 nitrogen and oxygen atoms in total. The quantitative estimate of drug-likeness (QED) is 0.883. The predicted octanol–water partition coefficient (Wildman–Crippen LogP) is 2.77. The Kier molecular flexibility index (Phi) is 3.89. The first-order chi connectivity index (χ1) is 8.15. The van der Waals surface area contributed by atoms with Gasteiger partial charge < -0.3 is 15.2 Å². The lowest BCUT2D eigenvalue weighted by molar-refractivity contribution is 0.353. The molecule has 1 fully saturated rings. The van der Waals surface area contributed by atoms with Crippen molar-refractivity contribution >= 4 is 15.9 Å². The minimum Gasteiger partial charge on any atom is -0.505 e. The molecule has 0 amide bonds. The van der Waals surface area contributed by atoms with Crippen molar-refractivity contribution in [2.75, 3.05) is 20.2 Å². The van der Waals surface area contributed by atoms with Crippen molar-refractivity contribution in [3.8, 4) is 11.5 Å². The van der Waals surface area contributed by atoms with E-state index in [9.17, 15) is 9.50 Å². The molecule has 0 saturated carbocycles. The fourth-order valence-corrected chi connectivity index (χ4v) is 2.82. The standard InChI is InChI=1S/C12H15BrFNO2/c1-17-12-9(13)6-8(11(16)10(12)14)7-2-4-15-5-3-7/h6-7,15-16H,2-5H2,1H3. The van der Waals surface area contributed by atoms with E-state index in [1.54, 1.807) is 6.07 Å². The van der Waals surface area contributed by atoms with E-state index in [1.165, 1.54) is 7.11 Å². The summed E-state index contributed by atoms with van der Waals surface area (Å²) in [5.74, 6) is -0.708. The van der Waals surface area contributed by atoms with Crippen LogP contribution in [-0.2, 0) is 0 Å². The molecule has 5 heteroatoms. The van der Waals surface area contributed by atoms with Crippen molar-refractivity contribution in [2.24, 2.45) is 0 Å². The minimum absolute atomic E-state index is 0.0557. The van der Waals surface area contributed by atoms with Gasteiger partial charge in [0.05, 0.1) is 11.6 Å². The van der Waals surface area contributed by atoms with Gasteiger partial charge in [-0.3, -0.25) is 0 Å². The summed E-state index contributed by atoms with van der Waals surface area (Å²) in [6, 6.07) is 1.76. The molecule has 0 atom stereocenters. The predicted molar refractivity (Wildman–Crippen MR) is 67.2 cm³/mol. The molecular formula is C12H15BrFNO2. The van der Waals surface area contributed by atoms with Gasteiger partial charge in [0.2, 0.25) is 5.82 Å². The molecule has 1 aromatic rings. The zero-order valence-electron chi connectivity index (χ0n) is 9.59. The highest BCUT2D eigenvalue weighted by atomic mass is 79.9. The Morgan fingerprint density at radius 3 is 2.71 bits per heavy atom. The fraction of sp³-hybridized carbons (Fsp3) is 0.500. The van der Waals surface area contributed by atoms with Crippen molar-refractivity contribution in [1.82, 2.24) is 5.32 Å². The fourth-order valence-electron chi connectivity index (χ4n) is 2.24. The van der Waals surface area contributed by atoms with Crippen molar-refractivity contribution in [1.29, 1.82) is 0 Å². The largest absolute Gasteiger partial charge is 0.505 e. The van der Waals surface area contributed by atoms with Gasteiger partial charge >= 0.3 is 0 Å². The van der Waals surface area contributed by atoms with Crippen LogP contribution in [0.15, 0.2) is 10.5 Å². The van der Waals surface area contributed by atoms with Crippen LogP contribution >= 0.6 is 15.9 Å². The molecule has 0 aromatic heterocycles. The van der Waals surface area contributed by atoms with E-state index in [1.807, 2.05) is 0 Å². The molecule has 1 aliphatic heterocycles. The number of hydrogen-bond acceptors (Lipinski definition) is 3. The first kappa shape index (κ1) is 12.6. The average Bonchev–Trinajstić information content (AvgIpc) is 2.35. The molecule has 1 saturated heterocycles. The smallest absolute Gasteiger partial charge is 0.208 e. The van der Waals surface area contributed by atoms with Crippen LogP contribution in [0.25, 0.3) is 0 Å². The number of rotatable bonds is 2. The van der Waals surface area contributed by atoms with Crippen LogP contribution in [0.4, 0.5) is 4.39 Å². The summed E-state index contributed by atoms with van der Waals surface area (Å²) in [5.41, 5.74) is 0.664. The van der Waals surface area contributed by atoms with Gasteiger partial charge in [0.25, 0.3) is 0 Å². The Morgan fingerprint density at radius 2 is 2.12 bits per heavy atom. The number of hydrogen-bond donors (Lipinski definition) is 2. The molecule has 1 aliphatic rings. The third-order valence-corrected chi connectivity index (χ3v) is 3.75. The molecule has 0 aliphatic carbocycles. The van der Waals surface area contributed by atoms with E-state index < -0.39 is 5.82 Å². The monoisotopic (exact) mass is 303 g/mol. The van der Waals surface area contributed by atoms with Gasteiger partial charge in [-0.05, 0) is 53.8 Å². The van der Waals surface area contributed by atoms with Gasteiger partial charge in [-0.2, -0.15) is 4.39 Å². The number of aromatic hydroxyl groups is 1. The highest BCUT2D eigenvalue weighted by molar-refractivity contribution is 9.10. The molecule has 0 bridgehead atoms. The van der Waals surface area contributed by atoms with Crippen LogP contribution in [0.1, 0.15) is 24.3 Å². The van der Waals surface area contributed by atoms with E-state index in [0.29, 0.717) is 10.0 Å². The molecule has 0 spiro atoms. The van der Waals surface area contributed by atoms with Gasteiger partial charge in [-0.1, -0.05) is 0 Å². The zero-order valence-corrected chi connectivity index (χ0v) is 11.2. The Balaban J connectivity index is 2.40. The van der Waals surface area contributed by atoms with Crippen LogP contribution in [0.3, 0.4) is 0 Å². The minimum atomic E-state index is -0.685. The first-order valence-electron chi connectivity index (χ1n) is 5.60. The molecule has 2 N–H and O–H groups in total. The maximum atomic E-state index is 13.9. The molecule has 0 unspecified atom stereocenters. The summed E-state index contributed by atoms with van der Waals surface area (Å²) in [4.78, 5) is 0. The van der Waals surface area contributed by atoms with E-state index in [4.69, 9.17) is 4.74 Å². The summed E-state index contributed by atoms with van der Waals surface area (Å²) < 4.78 is 19.3. The zero-order chi connectivity index (χ0) is 12.4. The van der Waals surface area contributed by atoms with Crippen molar-refractivity contribution < 1.29 is 14.2 Å². The van der Waals surface area contributed by atoms with E-state index in [2.05, 4.69) is 21.2 Å². The van der Waals surface area contributed by atoms with Crippen molar-refractivity contribution in [2.45, 2.75) is 18.8 Å². The van der Waals surface area contributed by atoms with Gasteiger partial charge in [0, 0.05) is 5.56 Å². The van der Waals surface area contributed by atoms with Crippen LogP contribution in [0.5, 0.6) is 11.5 Å². The van der Waals surface area contributed by atoms with Crippen molar-refractivity contribution in [3.05, 3.63) is 21.9 Å². The lowest BCUT2D eigenvalue weighted by Gasteiger charge is -2.24. The van der Waals surface area contributed by atoms with Gasteiger partial charge in [-0.25, -0.2) is 0 Å². The van der Waals surface area contributed by atoms with Crippen LogP contribution in [-0.4, -0.2) is 25.3 Å². The van der Waals surface area contributed by atoms with Gasteiger partial charge in [0.1, 0.15) is 0 Å². The molecular weight excluding hydrogens is 289 g/mol. The van der Waals surface area contributed by atoms with Gasteiger partial charge in [-0.15, -0.1) is 0 Å². The lowest BCUT2D eigenvalue weighted by atomic mass is 9.89. The molecule has 2 rings (SSSR count). The second kappa shape index (κ2) is 5.23. The number of phenolic OH excluding ortho intramolecular Hbond substituents is 1. The summed E-state index contributed by atoms with van der Waals surface area (Å²) in [6.07, 6.45) is 1.82. The number of methoxy groups -OCH3 is 1. The van der Waals surface area contributed by atoms with Crippen molar-refractivity contribution in [3.63, 3.8) is 0 Å². The Hall–Kier alpha value is -0.810. The second-order valence-corrected chi connectivity index (χ2v) is 5.02. The third-order valence-electron chi connectivity index (χ3n) is 3.16. The molecule has 17 heavy (non-hydrogen) atoms. The highest BCUT2D eigenvalue weighted by Crippen LogP contribution is 2.41. The van der Waals surface area contributed by atoms with Crippen LogP contribution < -0.4 is 10.1 Å². The topological polar surface area (TPSA) is 41.5 Å². The third kappa shape index (κ3) is 2.40. The summed E-state index contributed by atoms with van der Waals surface area (Å²) >= 11 is 3.27.